The minimum atomic E-state index is -0.807. The Kier molecular flexibility index (Phi) is 6.67. The van der Waals surface area contributed by atoms with Gasteiger partial charge in [0.15, 0.2) is 23.0 Å². The molecule has 1 fully saturated rings. The summed E-state index contributed by atoms with van der Waals surface area (Å²) in [5, 5.41) is 11.7. The van der Waals surface area contributed by atoms with Crippen LogP contribution in [0, 0.1) is 0 Å². The smallest absolute Gasteiger partial charge is 0.290 e. The zero-order valence-corrected chi connectivity index (χ0v) is 20.3. The fourth-order valence-corrected chi connectivity index (χ4v) is 4.90. The SMILES string of the molecule is COc1ccc(C2C(C(=O)c3cc4ccccc4o3)=C(O)C(=O)N2CC[NH+]2CCOCC2)cc1OC. The molecule has 36 heavy (non-hydrogen) atoms. The van der Waals surface area contributed by atoms with Crippen LogP contribution in [0.5, 0.6) is 11.5 Å². The van der Waals surface area contributed by atoms with E-state index in [0.29, 0.717) is 48.9 Å². The largest absolute Gasteiger partial charge is 0.503 e. The van der Waals surface area contributed by atoms with Crippen molar-refractivity contribution in [2.24, 2.45) is 0 Å². The topological polar surface area (TPSA) is 103 Å². The van der Waals surface area contributed by atoms with E-state index in [0.717, 1.165) is 18.5 Å². The molecule has 188 valence electrons. The predicted molar refractivity (Wildman–Crippen MR) is 131 cm³/mol. The van der Waals surface area contributed by atoms with Gasteiger partial charge >= 0.3 is 0 Å². The number of hydrogen-bond donors (Lipinski definition) is 2. The molecule has 0 aliphatic carbocycles. The van der Waals surface area contributed by atoms with Crippen molar-refractivity contribution in [1.82, 2.24) is 4.90 Å². The molecule has 0 saturated carbocycles. The number of benzene rings is 2. The molecule has 0 bridgehead atoms. The Balaban J connectivity index is 1.54. The van der Waals surface area contributed by atoms with E-state index in [1.807, 2.05) is 18.2 Å². The number of nitrogens with one attached hydrogen (secondary N) is 1. The number of carbonyl (C=O) groups is 2. The minimum absolute atomic E-state index is 0.0109. The van der Waals surface area contributed by atoms with Crippen LogP contribution in [0.2, 0.25) is 0 Å². The summed E-state index contributed by atoms with van der Waals surface area (Å²) in [6.45, 7) is 4.04. The Bertz CT molecular complexity index is 1290. The number of furan rings is 1. The number of para-hydroxylation sites is 1. The zero-order chi connectivity index (χ0) is 25.2. The number of quaternary nitrogens is 1. The van der Waals surface area contributed by atoms with Crippen LogP contribution in [0.3, 0.4) is 0 Å². The van der Waals surface area contributed by atoms with Crippen molar-refractivity contribution < 1.29 is 38.2 Å². The third-order valence-electron chi connectivity index (χ3n) is 6.83. The van der Waals surface area contributed by atoms with Gasteiger partial charge in [-0.2, -0.15) is 0 Å². The monoisotopic (exact) mass is 493 g/mol. The van der Waals surface area contributed by atoms with Crippen molar-refractivity contribution in [1.29, 1.82) is 0 Å². The first-order chi connectivity index (χ1) is 17.5. The summed E-state index contributed by atoms with van der Waals surface area (Å²) in [5.41, 5.74) is 1.17. The van der Waals surface area contributed by atoms with Crippen LogP contribution < -0.4 is 14.4 Å². The Labute approximate surface area is 208 Å². The minimum Gasteiger partial charge on any atom is -0.503 e. The van der Waals surface area contributed by atoms with Gasteiger partial charge < -0.3 is 33.5 Å². The number of aliphatic hydroxyl groups excluding tert-OH is 1. The van der Waals surface area contributed by atoms with Crippen molar-refractivity contribution >= 4 is 22.7 Å². The molecule has 0 spiro atoms. The van der Waals surface area contributed by atoms with Crippen molar-refractivity contribution in [3.05, 3.63) is 71.2 Å². The number of amides is 1. The van der Waals surface area contributed by atoms with Gasteiger partial charge in [-0.3, -0.25) is 9.59 Å². The number of ketones is 1. The Morgan fingerprint density at radius 1 is 1.08 bits per heavy atom. The van der Waals surface area contributed by atoms with Crippen LogP contribution in [0.4, 0.5) is 0 Å². The summed E-state index contributed by atoms with van der Waals surface area (Å²) in [5.74, 6) is -0.620. The average molecular weight is 494 g/mol. The summed E-state index contributed by atoms with van der Waals surface area (Å²) in [4.78, 5) is 29.9. The molecule has 1 aromatic heterocycles. The van der Waals surface area contributed by atoms with Gasteiger partial charge in [0.05, 0.1) is 52.1 Å². The molecule has 3 aromatic rings. The molecule has 3 heterocycles. The Morgan fingerprint density at radius 2 is 1.83 bits per heavy atom. The van der Waals surface area contributed by atoms with Crippen molar-refractivity contribution in [3.8, 4) is 11.5 Å². The highest BCUT2D eigenvalue weighted by atomic mass is 16.5. The molecule has 2 aliphatic heterocycles. The quantitative estimate of drug-likeness (QED) is 0.463. The molecule has 5 rings (SSSR count). The number of morpholine rings is 1. The van der Waals surface area contributed by atoms with Crippen LogP contribution >= 0.6 is 0 Å². The number of hydrogen-bond acceptors (Lipinski definition) is 7. The lowest BCUT2D eigenvalue weighted by molar-refractivity contribution is -0.907. The summed E-state index contributed by atoms with van der Waals surface area (Å²) >= 11 is 0. The lowest BCUT2D eigenvalue weighted by Gasteiger charge is -2.30. The number of nitrogens with zero attached hydrogens (tertiary/aromatic N) is 1. The molecule has 1 saturated heterocycles. The fourth-order valence-electron chi connectivity index (χ4n) is 4.90. The van der Waals surface area contributed by atoms with E-state index in [1.54, 1.807) is 35.2 Å². The molecular formula is C27H29N2O7+. The van der Waals surface area contributed by atoms with Gasteiger partial charge in [0.1, 0.15) is 18.7 Å². The maximum Gasteiger partial charge on any atom is 0.290 e. The van der Waals surface area contributed by atoms with Gasteiger partial charge in [-0.05, 0) is 29.8 Å². The van der Waals surface area contributed by atoms with Crippen molar-refractivity contribution in [2.75, 3.05) is 53.6 Å². The molecule has 2 aromatic carbocycles. The van der Waals surface area contributed by atoms with Gasteiger partial charge in [-0.1, -0.05) is 24.3 Å². The van der Waals surface area contributed by atoms with Crippen LogP contribution in [0.25, 0.3) is 11.0 Å². The lowest BCUT2D eigenvalue weighted by atomic mass is 9.94. The maximum absolute atomic E-state index is 13.7. The number of fused-ring (bicyclic) bond motifs is 1. The average Bonchev–Trinajstić information content (AvgIpc) is 3.46. The predicted octanol–water partition coefficient (Wildman–Crippen LogP) is 1.94. The first-order valence-electron chi connectivity index (χ1n) is 11.9. The Morgan fingerprint density at radius 3 is 2.56 bits per heavy atom. The molecular weight excluding hydrogens is 464 g/mol. The highest BCUT2D eigenvalue weighted by Gasteiger charge is 2.45. The molecule has 1 amide bonds. The van der Waals surface area contributed by atoms with E-state index < -0.39 is 23.5 Å². The van der Waals surface area contributed by atoms with E-state index in [9.17, 15) is 14.7 Å². The molecule has 9 nitrogen and oxygen atoms in total. The van der Waals surface area contributed by atoms with Gasteiger partial charge in [-0.15, -0.1) is 0 Å². The van der Waals surface area contributed by atoms with Crippen molar-refractivity contribution in [3.63, 3.8) is 0 Å². The van der Waals surface area contributed by atoms with Gasteiger partial charge in [0.25, 0.3) is 5.91 Å². The third kappa shape index (κ3) is 4.31. The number of methoxy groups -OCH3 is 2. The number of ether oxygens (including phenoxy) is 3. The van der Waals surface area contributed by atoms with Gasteiger partial charge in [0, 0.05) is 5.39 Å². The molecule has 0 radical (unpaired) electrons. The molecule has 2 aliphatic rings. The number of rotatable bonds is 8. The van der Waals surface area contributed by atoms with E-state index in [4.69, 9.17) is 18.6 Å². The second-order valence-electron chi connectivity index (χ2n) is 8.87. The lowest BCUT2D eigenvalue weighted by Crippen LogP contribution is -3.14. The molecule has 1 atom stereocenters. The van der Waals surface area contributed by atoms with Crippen LogP contribution in [0.1, 0.15) is 22.2 Å². The number of aliphatic hydroxyl groups is 1. The number of Topliss-reactive ketones (excluding diaryl/α,β-unsaturated/α-hetero) is 1. The van der Waals surface area contributed by atoms with E-state index in [2.05, 4.69) is 0 Å². The normalized spacial score (nSPS) is 18.8. The second-order valence-corrected chi connectivity index (χ2v) is 8.87. The van der Waals surface area contributed by atoms with Crippen LogP contribution in [-0.4, -0.2) is 75.3 Å². The van der Waals surface area contributed by atoms with E-state index >= 15 is 0 Å². The maximum atomic E-state index is 13.7. The Hall–Kier alpha value is -3.82. The molecule has 9 heteroatoms. The van der Waals surface area contributed by atoms with Gasteiger partial charge in [-0.25, -0.2) is 0 Å². The first-order valence-corrected chi connectivity index (χ1v) is 11.9. The summed E-state index contributed by atoms with van der Waals surface area (Å²) in [6.07, 6.45) is 0. The van der Waals surface area contributed by atoms with E-state index in [1.165, 1.54) is 19.1 Å². The van der Waals surface area contributed by atoms with Crippen LogP contribution in [0.15, 0.2) is 64.3 Å². The summed E-state index contributed by atoms with van der Waals surface area (Å²) in [7, 11) is 3.06. The highest BCUT2D eigenvalue weighted by molar-refractivity contribution is 6.16. The van der Waals surface area contributed by atoms with Gasteiger partial charge in [0.2, 0.25) is 5.78 Å². The zero-order valence-electron chi connectivity index (χ0n) is 20.3. The first kappa shape index (κ1) is 23.9. The summed E-state index contributed by atoms with van der Waals surface area (Å²) in [6, 6.07) is 13.3. The third-order valence-corrected chi connectivity index (χ3v) is 6.83. The standard InChI is InChI=1S/C27H28N2O7/c1-33-20-8-7-18(16-21(20)34-2)24-23(25(30)22-15-17-5-3-4-6-19(17)36-22)26(31)27(32)29(24)10-9-28-11-13-35-14-12-28/h3-8,15-16,24,31H,9-14H2,1-2H3/p+1. The van der Waals surface area contributed by atoms with E-state index in [-0.39, 0.29) is 11.3 Å². The second kappa shape index (κ2) is 10.0. The van der Waals surface area contributed by atoms with Crippen LogP contribution in [-0.2, 0) is 9.53 Å². The fraction of sp³-hybridized carbons (Fsp3) is 0.333. The number of carbonyl (C=O) groups excluding carboxylic acids is 2. The summed E-state index contributed by atoms with van der Waals surface area (Å²) < 4.78 is 22.1. The van der Waals surface area contributed by atoms with Crippen molar-refractivity contribution in [2.45, 2.75) is 6.04 Å². The highest BCUT2D eigenvalue weighted by Crippen LogP contribution is 2.41. The molecule has 1 unspecified atom stereocenters. The molecule has 2 N–H and O–H groups in total.